The molecule has 0 atom stereocenters. The molecule has 15 heavy (non-hydrogen) atoms. The van der Waals surface area contributed by atoms with Crippen LogP contribution in [0, 0.1) is 10.1 Å². The van der Waals surface area contributed by atoms with Crippen molar-refractivity contribution in [2.75, 3.05) is 18.9 Å². The van der Waals surface area contributed by atoms with Crippen molar-refractivity contribution in [3.63, 3.8) is 0 Å². The highest BCUT2D eigenvalue weighted by Crippen LogP contribution is 2.25. The molecule has 0 unspecified atom stereocenters. The largest absolute Gasteiger partial charge is 0.475 e. The summed E-state index contributed by atoms with van der Waals surface area (Å²) in [5.74, 6) is 0.131. The molecule has 0 radical (unpaired) electrons. The summed E-state index contributed by atoms with van der Waals surface area (Å²) in [7, 11) is 0. The molecule has 2 N–H and O–H groups in total. The molecule has 2 rings (SSSR count). The van der Waals surface area contributed by atoms with E-state index in [2.05, 4.69) is 9.98 Å². The van der Waals surface area contributed by atoms with Gasteiger partial charge in [0.2, 0.25) is 11.7 Å². The number of hydrogen-bond donors (Lipinski definition) is 1. The minimum absolute atomic E-state index is 0.129. The molecule has 1 aromatic heterocycles. The van der Waals surface area contributed by atoms with Gasteiger partial charge in [0.15, 0.2) is 0 Å². The van der Waals surface area contributed by atoms with Crippen molar-refractivity contribution in [1.29, 1.82) is 0 Å². The van der Waals surface area contributed by atoms with E-state index in [1.807, 2.05) is 0 Å². The van der Waals surface area contributed by atoms with Gasteiger partial charge in [-0.3, -0.25) is 10.1 Å². The summed E-state index contributed by atoms with van der Waals surface area (Å²) in [4.78, 5) is 17.8. The maximum atomic E-state index is 10.8. The summed E-state index contributed by atoms with van der Waals surface area (Å²) < 4.78 is 5.15. The zero-order valence-electron chi connectivity index (χ0n) is 7.71. The first-order valence-electron chi connectivity index (χ1n) is 4.26. The molecule has 1 aromatic rings. The predicted molar refractivity (Wildman–Crippen MR) is 52.7 cm³/mol. The zero-order valence-corrected chi connectivity index (χ0v) is 7.71. The molecular formula is C8H8N4O3. The third-order valence-electron chi connectivity index (χ3n) is 1.95. The third kappa shape index (κ3) is 1.58. The number of anilines is 1. The van der Waals surface area contributed by atoms with Gasteiger partial charge in [-0.15, -0.1) is 0 Å². The molecule has 0 saturated carbocycles. The number of nitrogens with zero attached hydrogens (tertiary/aromatic N) is 3. The van der Waals surface area contributed by atoms with E-state index in [-0.39, 0.29) is 23.0 Å². The summed E-state index contributed by atoms with van der Waals surface area (Å²) in [6.45, 7) is 0.948. The van der Waals surface area contributed by atoms with Crippen molar-refractivity contribution in [2.45, 2.75) is 0 Å². The maximum absolute atomic E-state index is 10.8. The van der Waals surface area contributed by atoms with Crippen molar-refractivity contribution in [3.8, 4) is 0 Å². The summed E-state index contributed by atoms with van der Waals surface area (Å²) in [5.41, 5.74) is 5.46. The number of nitrogen functional groups attached to an aromatic ring is 1. The molecule has 0 aliphatic carbocycles. The quantitative estimate of drug-likeness (QED) is 0.557. The van der Waals surface area contributed by atoms with E-state index in [4.69, 9.17) is 10.5 Å². The zero-order chi connectivity index (χ0) is 10.8. The third-order valence-corrected chi connectivity index (χ3v) is 1.95. The van der Waals surface area contributed by atoms with E-state index in [9.17, 15) is 10.1 Å². The van der Waals surface area contributed by atoms with Crippen LogP contribution in [0.2, 0.25) is 0 Å². The lowest BCUT2D eigenvalue weighted by molar-refractivity contribution is -0.384. The van der Waals surface area contributed by atoms with E-state index in [1.165, 1.54) is 12.3 Å². The first-order valence-corrected chi connectivity index (χ1v) is 4.26. The Kier molecular flexibility index (Phi) is 2.20. The molecule has 0 amide bonds. The van der Waals surface area contributed by atoms with Gasteiger partial charge in [0.1, 0.15) is 12.2 Å². The monoisotopic (exact) mass is 208 g/mol. The van der Waals surface area contributed by atoms with E-state index < -0.39 is 4.92 Å². The van der Waals surface area contributed by atoms with Crippen LogP contribution in [-0.4, -0.2) is 29.0 Å². The Bertz CT molecular complexity index is 444. The van der Waals surface area contributed by atoms with Crippen molar-refractivity contribution in [3.05, 3.63) is 27.9 Å². The molecule has 0 fully saturated rings. The van der Waals surface area contributed by atoms with Gasteiger partial charge in [0, 0.05) is 6.20 Å². The molecule has 0 spiro atoms. The van der Waals surface area contributed by atoms with Gasteiger partial charge >= 0.3 is 5.69 Å². The van der Waals surface area contributed by atoms with Crippen LogP contribution in [0.1, 0.15) is 5.56 Å². The topological polar surface area (TPSA) is 104 Å². The second-order valence-corrected chi connectivity index (χ2v) is 2.88. The summed E-state index contributed by atoms with van der Waals surface area (Å²) in [5, 5.41) is 10.8. The lowest BCUT2D eigenvalue weighted by Crippen LogP contribution is -2.08. The van der Waals surface area contributed by atoms with Gasteiger partial charge in [-0.2, -0.15) is 0 Å². The lowest BCUT2D eigenvalue weighted by atomic mass is 10.2. The Morgan fingerprint density at radius 3 is 3.00 bits per heavy atom. The number of ether oxygens (including phenoxy) is 1. The number of nitro groups is 1. The predicted octanol–water partition coefficient (Wildman–Crippen LogP) is 0.349. The van der Waals surface area contributed by atoms with Crippen molar-refractivity contribution >= 4 is 17.4 Å². The first kappa shape index (κ1) is 9.38. The fourth-order valence-corrected chi connectivity index (χ4v) is 1.33. The Morgan fingerprint density at radius 2 is 2.40 bits per heavy atom. The molecule has 1 aliphatic rings. The fraction of sp³-hybridized carbons (Fsp3) is 0.250. The van der Waals surface area contributed by atoms with Gasteiger partial charge in [-0.05, 0) is 6.07 Å². The molecule has 2 heterocycles. The Hall–Kier alpha value is -2.18. The van der Waals surface area contributed by atoms with Crippen molar-refractivity contribution < 1.29 is 9.66 Å². The van der Waals surface area contributed by atoms with E-state index in [1.54, 1.807) is 0 Å². The summed E-state index contributed by atoms with van der Waals surface area (Å²) in [6.07, 6.45) is 1.39. The van der Waals surface area contributed by atoms with Gasteiger partial charge in [-0.25, -0.2) is 9.98 Å². The minimum Gasteiger partial charge on any atom is -0.475 e. The average molecular weight is 208 g/mol. The second-order valence-electron chi connectivity index (χ2n) is 2.88. The van der Waals surface area contributed by atoms with E-state index in [0.29, 0.717) is 13.2 Å². The molecule has 78 valence electrons. The van der Waals surface area contributed by atoms with Gasteiger partial charge in [-0.1, -0.05) is 0 Å². The highest BCUT2D eigenvalue weighted by Gasteiger charge is 2.25. The van der Waals surface area contributed by atoms with Crippen molar-refractivity contribution in [2.24, 2.45) is 4.99 Å². The minimum atomic E-state index is -0.581. The molecule has 0 bridgehead atoms. The van der Waals surface area contributed by atoms with Crippen LogP contribution < -0.4 is 5.73 Å². The van der Waals surface area contributed by atoms with Crippen LogP contribution in [0.25, 0.3) is 0 Å². The van der Waals surface area contributed by atoms with Crippen LogP contribution in [0.4, 0.5) is 11.5 Å². The maximum Gasteiger partial charge on any atom is 0.323 e. The van der Waals surface area contributed by atoms with Crippen LogP contribution in [0.5, 0.6) is 0 Å². The van der Waals surface area contributed by atoms with Crippen LogP contribution in [-0.2, 0) is 4.74 Å². The molecule has 7 heteroatoms. The molecular weight excluding hydrogens is 200 g/mol. The number of hydrogen-bond acceptors (Lipinski definition) is 6. The average Bonchev–Trinajstić information content (AvgIpc) is 2.69. The molecule has 0 aromatic carbocycles. The van der Waals surface area contributed by atoms with Crippen LogP contribution >= 0.6 is 0 Å². The van der Waals surface area contributed by atoms with Gasteiger partial charge < -0.3 is 10.5 Å². The second kappa shape index (κ2) is 3.52. The number of rotatable bonds is 2. The first-order chi connectivity index (χ1) is 7.20. The smallest absolute Gasteiger partial charge is 0.323 e. The Morgan fingerprint density at radius 1 is 1.60 bits per heavy atom. The number of nitrogens with two attached hydrogens (primary N) is 1. The SMILES string of the molecule is Nc1nccc(C2=NCCO2)c1[N+](=O)[O-]. The van der Waals surface area contributed by atoms with Crippen LogP contribution in [0.3, 0.4) is 0 Å². The summed E-state index contributed by atoms with van der Waals surface area (Å²) >= 11 is 0. The number of aromatic nitrogens is 1. The molecule has 7 nitrogen and oxygen atoms in total. The van der Waals surface area contributed by atoms with Crippen molar-refractivity contribution in [1.82, 2.24) is 4.98 Å². The van der Waals surface area contributed by atoms with E-state index >= 15 is 0 Å². The number of aliphatic imine (C=N–C) groups is 1. The standard InChI is InChI=1S/C8H8N4O3/c9-7-6(12(13)14)5(1-2-10-7)8-11-3-4-15-8/h1-2H,3-4H2,(H2,9,10). The van der Waals surface area contributed by atoms with Gasteiger partial charge in [0.25, 0.3) is 0 Å². The highest BCUT2D eigenvalue weighted by atomic mass is 16.6. The Labute approximate surface area is 84.7 Å². The van der Waals surface area contributed by atoms with Crippen LogP contribution in [0.15, 0.2) is 17.3 Å². The molecule has 1 aliphatic heterocycles. The van der Waals surface area contributed by atoms with Gasteiger partial charge in [0.05, 0.1) is 11.5 Å². The molecule has 0 saturated heterocycles. The van der Waals surface area contributed by atoms with E-state index in [0.717, 1.165) is 0 Å². The fourth-order valence-electron chi connectivity index (χ4n) is 1.33. The summed E-state index contributed by atoms with van der Waals surface area (Å²) in [6, 6.07) is 1.47. The normalized spacial score (nSPS) is 14.5. The highest BCUT2D eigenvalue weighted by molar-refractivity contribution is 6.00. The Balaban J connectivity index is 2.55. The lowest BCUT2D eigenvalue weighted by Gasteiger charge is -2.03. The number of pyridine rings is 1.